The number of amides is 2. The van der Waals surface area contributed by atoms with Crippen molar-refractivity contribution >= 4 is 23.4 Å². The Labute approximate surface area is 151 Å². The molecule has 0 saturated heterocycles. The molecule has 0 aromatic heterocycles. The summed E-state index contributed by atoms with van der Waals surface area (Å²) in [6, 6.07) is 11.4. The van der Waals surface area contributed by atoms with E-state index in [0.29, 0.717) is 35.1 Å². The second-order valence-electron chi connectivity index (χ2n) is 5.08. The molecule has 2 amide bonds. The first-order chi connectivity index (χ1) is 12.0. The molecule has 25 heavy (non-hydrogen) atoms. The predicted molar refractivity (Wildman–Crippen MR) is 94.7 cm³/mol. The molecule has 0 atom stereocenters. The van der Waals surface area contributed by atoms with E-state index in [2.05, 4.69) is 10.9 Å². The summed E-state index contributed by atoms with van der Waals surface area (Å²) in [4.78, 5) is 24.3. The van der Waals surface area contributed by atoms with Crippen molar-refractivity contribution in [3.8, 4) is 5.75 Å². The van der Waals surface area contributed by atoms with E-state index in [1.165, 1.54) is 6.07 Å². The summed E-state index contributed by atoms with van der Waals surface area (Å²) in [7, 11) is 1.55. The Balaban J connectivity index is 2.04. The Morgan fingerprint density at radius 2 is 1.72 bits per heavy atom. The lowest BCUT2D eigenvalue weighted by molar-refractivity contribution is 0.0846. The van der Waals surface area contributed by atoms with E-state index in [1.54, 1.807) is 43.5 Å². The molecule has 0 aliphatic carbocycles. The zero-order valence-corrected chi connectivity index (χ0v) is 14.7. The normalized spacial score (nSPS) is 10.2. The number of methoxy groups -OCH3 is 1. The molecule has 7 heteroatoms. The lowest BCUT2D eigenvalue weighted by Crippen LogP contribution is -2.41. The van der Waals surface area contributed by atoms with Gasteiger partial charge in [-0.15, -0.1) is 0 Å². The number of ether oxygens (including phenoxy) is 2. The van der Waals surface area contributed by atoms with Gasteiger partial charge in [0.25, 0.3) is 11.8 Å². The first-order valence-corrected chi connectivity index (χ1v) is 8.03. The van der Waals surface area contributed by atoms with E-state index in [4.69, 9.17) is 21.1 Å². The van der Waals surface area contributed by atoms with E-state index in [-0.39, 0.29) is 0 Å². The van der Waals surface area contributed by atoms with Crippen molar-refractivity contribution < 1.29 is 19.1 Å². The van der Waals surface area contributed by atoms with Crippen molar-refractivity contribution in [3.05, 3.63) is 64.2 Å². The van der Waals surface area contributed by atoms with Gasteiger partial charge in [0, 0.05) is 28.3 Å². The molecule has 6 nitrogen and oxygen atoms in total. The maximum absolute atomic E-state index is 12.2. The molecular weight excluding hydrogens is 344 g/mol. The van der Waals surface area contributed by atoms with Crippen LogP contribution in [-0.2, 0) is 11.3 Å². The molecule has 0 aliphatic rings. The van der Waals surface area contributed by atoms with Crippen LogP contribution in [0.4, 0.5) is 0 Å². The quantitative estimate of drug-likeness (QED) is 0.774. The third-order valence-corrected chi connectivity index (χ3v) is 3.62. The smallest absolute Gasteiger partial charge is 0.269 e. The van der Waals surface area contributed by atoms with Gasteiger partial charge in [0.05, 0.1) is 13.7 Å². The van der Waals surface area contributed by atoms with Crippen molar-refractivity contribution in [2.24, 2.45) is 0 Å². The number of hydrazine groups is 1. The molecule has 2 rings (SSSR count). The number of carbonyl (C=O) groups excluding carboxylic acids is 2. The summed E-state index contributed by atoms with van der Waals surface area (Å²) < 4.78 is 10.6. The average molecular weight is 363 g/mol. The van der Waals surface area contributed by atoms with Crippen LogP contribution in [-0.4, -0.2) is 25.5 Å². The van der Waals surface area contributed by atoms with E-state index >= 15 is 0 Å². The minimum absolute atomic E-state index is 0.329. The van der Waals surface area contributed by atoms with Gasteiger partial charge in [-0.25, -0.2) is 0 Å². The van der Waals surface area contributed by atoms with Crippen LogP contribution in [0.15, 0.2) is 42.5 Å². The van der Waals surface area contributed by atoms with Gasteiger partial charge in [-0.3, -0.25) is 20.4 Å². The fraction of sp³-hybridized carbons (Fsp3) is 0.222. The highest BCUT2D eigenvalue weighted by Gasteiger charge is 2.12. The van der Waals surface area contributed by atoms with E-state index in [1.807, 2.05) is 6.92 Å². The number of nitrogens with one attached hydrogen (secondary N) is 2. The minimum Gasteiger partial charge on any atom is -0.496 e. The second-order valence-corrected chi connectivity index (χ2v) is 5.52. The maximum Gasteiger partial charge on any atom is 0.269 e. The highest BCUT2D eigenvalue weighted by atomic mass is 35.5. The maximum atomic E-state index is 12.2. The molecule has 0 unspecified atom stereocenters. The standard InChI is InChI=1S/C18H19ClN2O4/c1-3-25-11-14-9-13(7-8-16(14)24-2)18(23)21-20-17(22)12-5-4-6-15(19)10-12/h4-10H,3,11H2,1-2H3,(H,20,22)(H,21,23). The Hall–Kier alpha value is -2.57. The minimum atomic E-state index is -0.459. The van der Waals surface area contributed by atoms with Gasteiger partial charge in [-0.05, 0) is 43.3 Å². The van der Waals surface area contributed by atoms with Crippen molar-refractivity contribution in [2.45, 2.75) is 13.5 Å². The van der Waals surface area contributed by atoms with Crippen molar-refractivity contribution in [1.82, 2.24) is 10.9 Å². The van der Waals surface area contributed by atoms with Crippen LogP contribution in [0.2, 0.25) is 5.02 Å². The zero-order chi connectivity index (χ0) is 18.2. The topological polar surface area (TPSA) is 76.7 Å². The van der Waals surface area contributed by atoms with Crippen LogP contribution in [0.3, 0.4) is 0 Å². The predicted octanol–water partition coefficient (Wildman–Crippen LogP) is 2.96. The summed E-state index contributed by atoms with van der Waals surface area (Å²) in [5.74, 6) is -0.275. The van der Waals surface area contributed by atoms with Crippen LogP contribution >= 0.6 is 11.6 Å². The van der Waals surface area contributed by atoms with Crippen molar-refractivity contribution in [3.63, 3.8) is 0 Å². The molecule has 0 heterocycles. The molecule has 0 spiro atoms. The Kier molecular flexibility index (Phi) is 6.80. The van der Waals surface area contributed by atoms with Crippen LogP contribution in [0.5, 0.6) is 5.75 Å². The van der Waals surface area contributed by atoms with Crippen LogP contribution < -0.4 is 15.6 Å². The lowest BCUT2D eigenvalue weighted by Gasteiger charge is -2.12. The molecule has 2 N–H and O–H groups in total. The third-order valence-electron chi connectivity index (χ3n) is 3.38. The molecule has 0 aliphatic heterocycles. The average Bonchev–Trinajstić information content (AvgIpc) is 2.63. The Bertz CT molecular complexity index is 764. The van der Waals surface area contributed by atoms with Crippen molar-refractivity contribution in [1.29, 1.82) is 0 Å². The van der Waals surface area contributed by atoms with Crippen molar-refractivity contribution in [2.75, 3.05) is 13.7 Å². The van der Waals surface area contributed by atoms with Gasteiger partial charge < -0.3 is 9.47 Å². The molecule has 0 fully saturated rings. The van der Waals surface area contributed by atoms with E-state index < -0.39 is 11.8 Å². The number of hydrogen-bond donors (Lipinski definition) is 2. The molecule has 2 aromatic carbocycles. The van der Waals surface area contributed by atoms with Gasteiger partial charge in [0.15, 0.2) is 0 Å². The summed E-state index contributed by atoms with van der Waals surface area (Å²) in [6.07, 6.45) is 0. The van der Waals surface area contributed by atoms with E-state index in [9.17, 15) is 9.59 Å². The highest BCUT2D eigenvalue weighted by Crippen LogP contribution is 2.20. The number of hydrogen-bond acceptors (Lipinski definition) is 4. The molecule has 0 radical (unpaired) electrons. The number of rotatable bonds is 6. The summed E-state index contributed by atoms with van der Waals surface area (Å²) in [5.41, 5.74) is 6.20. The molecule has 132 valence electrons. The third kappa shape index (κ3) is 5.20. The van der Waals surface area contributed by atoms with Gasteiger partial charge in [0.1, 0.15) is 5.75 Å². The Morgan fingerprint density at radius 1 is 1.04 bits per heavy atom. The van der Waals surface area contributed by atoms with Crippen LogP contribution in [0.1, 0.15) is 33.2 Å². The largest absolute Gasteiger partial charge is 0.496 e. The van der Waals surface area contributed by atoms with Gasteiger partial charge >= 0.3 is 0 Å². The van der Waals surface area contributed by atoms with Gasteiger partial charge in [0.2, 0.25) is 0 Å². The highest BCUT2D eigenvalue weighted by molar-refractivity contribution is 6.30. The number of halogens is 1. The first-order valence-electron chi connectivity index (χ1n) is 7.66. The fourth-order valence-corrected chi connectivity index (χ4v) is 2.32. The SMILES string of the molecule is CCOCc1cc(C(=O)NNC(=O)c2cccc(Cl)c2)ccc1OC. The fourth-order valence-electron chi connectivity index (χ4n) is 2.13. The van der Waals surface area contributed by atoms with Crippen LogP contribution in [0, 0.1) is 0 Å². The lowest BCUT2D eigenvalue weighted by atomic mass is 10.1. The number of benzene rings is 2. The molecule has 0 saturated carbocycles. The molecular formula is C18H19ClN2O4. The van der Waals surface area contributed by atoms with Gasteiger partial charge in [-0.1, -0.05) is 17.7 Å². The van der Waals surface area contributed by atoms with E-state index in [0.717, 1.165) is 5.56 Å². The van der Waals surface area contributed by atoms with Crippen LogP contribution in [0.25, 0.3) is 0 Å². The second kappa shape index (κ2) is 9.05. The summed E-state index contributed by atoms with van der Waals surface area (Å²) >= 11 is 5.84. The Morgan fingerprint density at radius 3 is 2.32 bits per heavy atom. The monoisotopic (exact) mass is 362 g/mol. The number of carbonyl (C=O) groups is 2. The first kappa shape index (κ1) is 18.8. The van der Waals surface area contributed by atoms with Gasteiger partial charge in [-0.2, -0.15) is 0 Å². The summed E-state index contributed by atoms with van der Waals surface area (Å²) in [6.45, 7) is 2.76. The zero-order valence-electron chi connectivity index (χ0n) is 14.0. The molecule has 2 aromatic rings. The summed E-state index contributed by atoms with van der Waals surface area (Å²) in [5, 5.41) is 0.440. The molecule has 0 bridgehead atoms.